The molecule has 0 radical (unpaired) electrons. The third kappa shape index (κ3) is 3.44. The summed E-state index contributed by atoms with van der Waals surface area (Å²) in [4.78, 5) is 18.2. The standard InChI is InChI=1S/C22H23ClN2O2S/c23-17-4-5-19(24-12-17)28-18-3-1-2-15(9-18)21(26)25-20-16-7-13-6-14(8-16)11-22(20,27)10-13/h1-5,9,12-14,16,20,27H,6-8,10-11H2,(H,25,26)/t13?,14?,16?,20-,22?/m0/s1. The first-order valence-corrected chi connectivity index (χ1v) is 11.1. The number of carbonyl (C=O) groups excluding carboxylic acids is 1. The largest absolute Gasteiger partial charge is 0.388 e. The predicted octanol–water partition coefficient (Wildman–Crippen LogP) is 4.56. The van der Waals surface area contributed by atoms with Crippen LogP contribution in [-0.2, 0) is 0 Å². The highest BCUT2D eigenvalue weighted by atomic mass is 35.5. The average Bonchev–Trinajstić information content (AvgIpc) is 2.66. The fraction of sp³-hybridized carbons (Fsp3) is 0.455. The summed E-state index contributed by atoms with van der Waals surface area (Å²) in [5, 5.41) is 15.8. The molecule has 4 aliphatic carbocycles. The number of aliphatic hydroxyl groups is 1. The number of aromatic nitrogens is 1. The van der Waals surface area contributed by atoms with Crippen molar-refractivity contribution in [1.29, 1.82) is 0 Å². The minimum absolute atomic E-state index is 0.0996. The van der Waals surface area contributed by atoms with Crippen molar-refractivity contribution < 1.29 is 9.90 Å². The third-order valence-corrected chi connectivity index (χ3v) is 7.74. The normalized spacial score (nSPS) is 33.1. The predicted molar refractivity (Wildman–Crippen MR) is 110 cm³/mol. The van der Waals surface area contributed by atoms with Gasteiger partial charge >= 0.3 is 0 Å². The average molecular weight is 415 g/mol. The summed E-state index contributed by atoms with van der Waals surface area (Å²) in [6.07, 6.45) is 6.83. The maximum atomic E-state index is 13.0. The van der Waals surface area contributed by atoms with Gasteiger partial charge in [0, 0.05) is 16.7 Å². The van der Waals surface area contributed by atoms with Crippen molar-refractivity contribution in [3.8, 4) is 0 Å². The van der Waals surface area contributed by atoms with Crippen LogP contribution in [0.15, 0.2) is 52.5 Å². The second kappa shape index (κ2) is 7.05. The number of benzene rings is 1. The van der Waals surface area contributed by atoms with Crippen LogP contribution in [0.5, 0.6) is 0 Å². The number of hydrogen-bond donors (Lipinski definition) is 2. The van der Waals surface area contributed by atoms with Gasteiger partial charge < -0.3 is 10.4 Å². The molecule has 3 atom stereocenters. The maximum Gasteiger partial charge on any atom is 0.251 e. The van der Waals surface area contributed by atoms with E-state index >= 15 is 0 Å². The Morgan fingerprint density at radius 1 is 1.18 bits per heavy atom. The Morgan fingerprint density at radius 3 is 2.64 bits per heavy atom. The SMILES string of the molecule is O=C(N[C@H]1C2CC3CC(C2)CC1(O)C3)c1cccc(Sc2ccc(Cl)cn2)c1. The van der Waals surface area contributed by atoms with Gasteiger partial charge in [-0.15, -0.1) is 0 Å². The Balaban J connectivity index is 1.31. The van der Waals surface area contributed by atoms with E-state index in [2.05, 4.69) is 10.3 Å². The number of amides is 1. The van der Waals surface area contributed by atoms with Crippen LogP contribution in [0.3, 0.4) is 0 Å². The summed E-state index contributed by atoms with van der Waals surface area (Å²) in [6.45, 7) is 0. The molecule has 4 bridgehead atoms. The monoisotopic (exact) mass is 414 g/mol. The molecular weight excluding hydrogens is 392 g/mol. The molecule has 2 N–H and O–H groups in total. The van der Waals surface area contributed by atoms with Gasteiger partial charge in [0.15, 0.2) is 0 Å². The highest BCUT2D eigenvalue weighted by Crippen LogP contribution is 2.55. The molecule has 1 amide bonds. The molecule has 1 aromatic carbocycles. The number of nitrogens with zero attached hydrogens (tertiary/aromatic N) is 1. The Labute approximate surface area is 174 Å². The van der Waals surface area contributed by atoms with Gasteiger partial charge in [0.25, 0.3) is 5.91 Å². The van der Waals surface area contributed by atoms with Gasteiger partial charge in [-0.2, -0.15) is 0 Å². The van der Waals surface area contributed by atoms with Crippen LogP contribution in [-0.4, -0.2) is 27.6 Å². The zero-order valence-corrected chi connectivity index (χ0v) is 17.0. The lowest BCUT2D eigenvalue weighted by Gasteiger charge is -2.58. The Hall–Kier alpha value is -1.56. The molecule has 2 unspecified atom stereocenters. The lowest BCUT2D eigenvalue weighted by atomic mass is 9.52. The van der Waals surface area contributed by atoms with E-state index in [9.17, 15) is 9.90 Å². The van der Waals surface area contributed by atoms with Crippen molar-refractivity contribution in [2.75, 3.05) is 0 Å². The number of nitrogens with one attached hydrogen (secondary N) is 1. The summed E-state index contributed by atoms with van der Waals surface area (Å²) in [6, 6.07) is 11.1. The highest BCUT2D eigenvalue weighted by Gasteiger charge is 2.56. The molecule has 146 valence electrons. The van der Waals surface area contributed by atoms with Crippen molar-refractivity contribution in [3.05, 3.63) is 53.2 Å². The van der Waals surface area contributed by atoms with Crippen LogP contribution < -0.4 is 5.32 Å². The number of halogens is 1. The quantitative estimate of drug-likeness (QED) is 0.770. The van der Waals surface area contributed by atoms with Crippen molar-refractivity contribution >= 4 is 29.3 Å². The molecule has 1 heterocycles. The number of pyridine rings is 1. The summed E-state index contributed by atoms with van der Waals surface area (Å²) in [5.74, 6) is 1.60. The fourth-order valence-corrected chi connectivity index (χ4v) is 6.65. The molecule has 28 heavy (non-hydrogen) atoms. The van der Waals surface area contributed by atoms with Gasteiger partial charge in [-0.05, 0) is 80.2 Å². The Bertz CT molecular complexity index is 890. The molecule has 0 aliphatic heterocycles. The van der Waals surface area contributed by atoms with E-state index in [1.165, 1.54) is 18.2 Å². The minimum atomic E-state index is -0.718. The second-order valence-electron chi connectivity index (χ2n) is 8.61. The van der Waals surface area contributed by atoms with Crippen molar-refractivity contribution in [2.24, 2.45) is 17.8 Å². The van der Waals surface area contributed by atoms with E-state index in [4.69, 9.17) is 11.6 Å². The van der Waals surface area contributed by atoms with Crippen LogP contribution in [0.1, 0.15) is 42.5 Å². The van der Waals surface area contributed by atoms with Crippen LogP contribution >= 0.6 is 23.4 Å². The van der Waals surface area contributed by atoms with Crippen LogP contribution in [0.2, 0.25) is 5.02 Å². The molecule has 4 nitrogen and oxygen atoms in total. The van der Waals surface area contributed by atoms with E-state index in [1.54, 1.807) is 12.3 Å². The van der Waals surface area contributed by atoms with E-state index in [0.29, 0.717) is 28.3 Å². The highest BCUT2D eigenvalue weighted by molar-refractivity contribution is 7.99. The van der Waals surface area contributed by atoms with Crippen molar-refractivity contribution in [2.45, 2.75) is 53.7 Å². The van der Waals surface area contributed by atoms with Crippen molar-refractivity contribution in [3.63, 3.8) is 0 Å². The first-order valence-electron chi connectivity index (χ1n) is 9.91. The molecule has 0 saturated heterocycles. The van der Waals surface area contributed by atoms with Gasteiger partial charge in [-0.25, -0.2) is 4.98 Å². The van der Waals surface area contributed by atoms with E-state index in [0.717, 1.165) is 35.6 Å². The minimum Gasteiger partial charge on any atom is -0.388 e. The van der Waals surface area contributed by atoms with Gasteiger partial charge in [0.05, 0.1) is 16.7 Å². The molecule has 2 aromatic rings. The zero-order chi connectivity index (χ0) is 19.3. The summed E-state index contributed by atoms with van der Waals surface area (Å²) in [7, 11) is 0. The van der Waals surface area contributed by atoms with Gasteiger partial charge in [0.2, 0.25) is 0 Å². The molecule has 0 spiro atoms. The van der Waals surface area contributed by atoms with Gasteiger partial charge in [0.1, 0.15) is 5.03 Å². The molecular formula is C22H23ClN2O2S. The summed E-state index contributed by atoms with van der Waals surface area (Å²) in [5.41, 5.74) is -0.0966. The van der Waals surface area contributed by atoms with E-state index in [-0.39, 0.29) is 11.9 Å². The first kappa shape index (κ1) is 18.5. The van der Waals surface area contributed by atoms with Crippen molar-refractivity contribution in [1.82, 2.24) is 10.3 Å². The molecule has 4 fully saturated rings. The number of carbonyl (C=O) groups is 1. The molecule has 4 saturated carbocycles. The second-order valence-corrected chi connectivity index (χ2v) is 10.1. The Morgan fingerprint density at radius 2 is 1.96 bits per heavy atom. The zero-order valence-electron chi connectivity index (χ0n) is 15.5. The van der Waals surface area contributed by atoms with Crippen LogP contribution in [0.25, 0.3) is 0 Å². The number of rotatable bonds is 4. The smallest absolute Gasteiger partial charge is 0.251 e. The first-order chi connectivity index (χ1) is 13.5. The molecule has 4 aliphatic rings. The molecule has 6 rings (SSSR count). The van der Waals surface area contributed by atoms with Crippen LogP contribution in [0, 0.1) is 17.8 Å². The lowest BCUT2D eigenvalue weighted by Crippen LogP contribution is -2.66. The maximum absolute atomic E-state index is 13.0. The summed E-state index contributed by atoms with van der Waals surface area (Å²) < 4.78 is 0. The topological polar surface area (TPSA) is 62.2 Å². The lowest BCUT2D eigenvalue weighted by molar-refractivity contribution is -0.146. The Kier molecular flexibility index (Phi) is 4.65. The van der Waals surface area contributed by atoms with Gasteiger partial charge in [-0.3, -0.25) is 4.79 Å². The van der Waals surface area contributed by atoms with E-state index < -0.39 is 5.60 Å². The van der Waals surface area contributed by atoms with Crippen LogP contribution in [0.4, 0.5) is 0 Å². The third-order valence-electron chi connectivity index (χ3n) is 6.58. The fourth-order valence-electron chi connectivity index (χ4n) is 5.72. The van der Waals surface area contributed by atoms with Gasteiger partial charge in [-0.1, -0.05) is 29.4 Å². The summed E-state index contributed by atoms with van der Waals surface area (Å²) >= 11 is 7.39. The number of hydrogen-bond acceptors (Lipinski definition) is 4. The molecule has 6 heteroatoms. The molecule has 1 aromatic heterocycles. The van der Waals surface area contributed by atoms with E-state index in [1.807, 2.05) is 30.3 Å².